The number of imide groups is 2. The van der Waals surface area contributed by atoms with Gasteiger partial charge in [-0.15, -0.1) is 10.2 Å². The Hall–Kier alpha value is -9.57. The summed E-state index contributed by atoms with van der Waals surface area (Å²) in [4.78, 5) is 64.2. The molecular formula is C55H36Cl2N8O7. The molecule has 0 fully saturated rings. The molecule has 0 saturated heterocycles. The number of para-hydroxylation sites is 2. The Morgan fingerprint density at radius 3 is 1.21 bits per heavy atom. The van der Waals surface area contributed by atoms with Crippen molar-refractivity contribution >= 4 is 109 Å². The van der Waals surface area contributed by atoms with Gasteiger partial charge in [0, 0.05) is 33.0 Å². The number of phenolic OH excluding ortho intramolecular Hbond substituents is 2. The molecule has 352 valence electrons. The summed E-state index contributed by atoms with van der Waals surface area (Å²) in [6, 6.07) is 48.2. The van der Waals surface area contributed by atoms with Crippen LogP contribution >= 0.6 is 23.2 Å². The standard InChI is InChI=1S/C55H36Cl2N8O7/c56-43-5-1-3-7-45(43)58-54(71)60-52(69)37-17-25-41-35(29-37)19-27-47(66)49(41)64-62-39-21-13-32(14-22-39)31-9-11-33(12-10-31)51(68)34-15-23-40(24-16-34)63-65-50-42-26-18-38(30-36(42)20-28-48(50)67)53(70)61-55(72)59-46-8-4-2-6-44(46)57/h1-30,66-67H,(H2,58,60,69,71)(H2,59,61,70,72). The monoisotopic (exact) mass is 990 g/mol. The van der Waals surface area contributed by atoms with Crippen molar-refractivity contribution in [3.8, 4) is 22.6 Å². The van der Waals surface area contributed by atoms with E-state index in [4.69, 9.17) is 23.2 Å². The number of nitrogens with one attached hydrogen (secondary N) is 4. The zero-order valence-electron chi connectivity index (χ0n) is 37.3. The van der Waals surface area contributed by atoms with Crippen molar-refractivity contribution in [3.05, 3.63) is 214 Å². The third kappa shape index (κ3) is 10.8. The number of carbonyl (C=O) groups excluding carboxylic acids is 5. The molecule has 9 aromatic carbocycles. The number of halogens is 2. The van der Waals surface area contributed by atoms with Crippen LogP contribution in [0.1, 0.15) is 36.6 Å². The van der Waals surface area contributed by atoms with Crippen molar-refractivity contribution < 1.29 is 34.2 Å². The van der Waals surface area contributed by atoms with Gasteiger partial charge in [-0.25, -0.2) is 9.59 Å². The van der Waals surface area contributed by atoms with E-state index in [1.165, 1.54) is 24.3 Å². The molecule has 9 rings (SSSR count). The largest absolute Gasteiger partial charge is 0.506 e. The summed E-state index contributed by atoms with van der Waals surface area (Å²) in [5, 5.41) is 51.1. The molecule has 0 heterocycles. The predicted molar refractivity (Wildman–Crippen MR) is 277 cm³/mol. The molecule has 0 saturated carbocycles. The number of hydrogen-bond donors (Lipinski definition) is 6. The van der Waals surface area contributed by atoms with Crippen molar-refractivity contribution in [2.24, 2.45) is 20.5 Å². The fourth-order valence-electron chi connectivity index (χ4n) is 7.48. The second-order valence-electron chi connectivity index (χ2n) is 15.9. The van der Waals surface area contributed by atoms with E-state index in [2.05, 4.69) is 41.7 Å². The maximum atomic E-state index is 13.5. The number of anilines is 2. The lowest BCUT2D eigenvalue weighted by Gasteiger charge is -2.09. The van der Waals surface area contributed by atoms with Gasteiger partial charge in [-0.2, -0.15) is 10.2 Å². The maximum Gasteiger partial charge on any atom is 0.326 e. The maximum absolute atomic E-state index is 13.5. The van der Waals surface area contributed by atoms with E-state index in [1.807, 2.05) is 24.3 Å². The fraction of sp³-hybridized carbons (Fsp3) is 0. The van der Waals surface area contributed by atoms with Crippen LogP contribution in [0.15, 0.2) is 202 Å². The Kier molecular flexibility index (Phi) is 13.8. The molecule has 0 atom stereocenters. The highest BCUT2D eigenvalue weighted by Gasteiger charge is 2.17. The molecule has 0 spiro atoms. The van der Waals surface area contributed by atoms with Crippen molar-refractivity contribution in [2.45, 2.75) is 0 Å². The SMILES string of the molecule is O=C(NC(=O)c1ccc2c(N=Nc3ccc(C(=O)c4ccc(-c5ccc(N=Nc6c(O)ccc7cc(C(=O)NC(=O)Nc8ccccc8Cl)ccc67)cc5)cc4)cc3)c(O)ccc2c1)Nc1ccccc1Cl. The summed E-state index contributed by atoms with van der Waals surface area (Å²) in [6.45, 7) is 0. The molecule has 0 bridgehead atoms. The van der Waals surface area contributed by atoms with E-state index < -0.39 is 23.9 Å². The first-order valence-corrected chi connectivity index (χ1v) is 22.6. The molecule has 0 aliphatic rings. The minimum Gasteiger partial charge on any atom is -0.506 e. The first kappa shape index (κ1) is 47.5. The smallest absolute Gasteiger partial charge is 0.326 e. The Morgan fingerprint density at radius 1 is 0.403 bits per heavy atom. The zero-order chi connectivity index (χ0) is 50.3. The summed E-state index contributed by atoms with van der Waals surface area (Å²) >= 11 is 12.2. The normalized spacial score (nSPS) is 11.2. The lowest BCUT2D eigenvalue weighted by molar-refractivity contribution is 0.0957. The van der Waals surface area contributed by atoms with Gasteiger partial charge in [0.25, 0.3) is 11.8 Å². The second kappa shape index (κ2) is 21.0. The second-order valence-corrected chi connectivity index (χ2v) is 16.7. The average Bonchev–Trinajstić information content (AvgIpc) is 3.39. The predicted octanol–water partition coefficient (Wildman–Crippen LogP) is 14.4. The van der Waals surface area contributed by atoms with Crippen LogP contribution in [0.3, 0.4) is 0 Å². The number of hydrogen-bond acceptors (Lipinski definition) is 11. The van der Waals surface area contributed by atoms with Gasteiger partial charge < -0.3 is 20.8 Å². The van der Waals surface area contributed by atoms with Crippen LogP contribution in [-0.4, -0.2) is 39.9 Å². The topological polar surface area (TPSA) is 223 Å². The number of rotatable bonds is 11. The van der Waals surface area contributed by atoms with Crippen LogP contribution < -0.4 is 21.3 Å². The van der Waals surface area contributed by atoms with Gasteiger partial charge in [-0.3, -0.25) is 25.0 Å². The van der Waals surface area contributed by atoms with E-state index in [1.54, 1.807) is 133 Å². The number of carbonyl (C=O) groups is 5. The molecule has 0 aliphatic heterocycles. The van der Waals surface area contributed by atoms with Crippen molar-refractivity contribution in [1.82, 2.24) is 10.6 Å². The number of ketones is 1. The van der Waals surface area contributed by atoms with Crippen LogP contribution in [0.4, 0.5) is 43.7 Å². The Morgan fingerprint density at radius 2 is 0.778 bits per heavy atom. The van der Waals surface area contributed by atoms with E-state index in [0.29, 0.717) is 65.5 Å². The summed E-state index contributed by atoms with van der Waals surface area (Å²) in [6.07, 6.45) is 0. The Labute approximate surface area is 419 Å². The molecule has 0 unspecified atom stereocenters. The number of nitrogens with zero attached hydrogens (tertiary/aromatic N) is 4. The highest BCUT2D eigenvalue weighted by molar-refractivity contribution is 6.34. The number of benzene rings is 9. The number of phenols is 2. The quantitative estimate of drug-likeness (QED) is 0.0543. The highest BCUT2D eigenvalue weighted by Crippen LogP contribution is 2.38. The highest BCUT2D eigenvalue weighted by atomic mass is 35.5. The molecule has 72 heavy (non-hydrogen) atoms. The van der Waals surface area contributed by atoms with Gasteiger partial charge in [0.2, 0.25) is 0 Å². The molecule has 17 heteroatoms. The fourth-order valence-corrected chi connectivity index (χ4v) is 7.84. The molecule has 0 aliphatic carbocycles. The van der Waals surface area contributed by atoms with Crippen LogP contribution in [0.2, 0.25) is 10.0 Å². The lowest BCUT2D eigenvalue weighted by atomic mass is 9.99. The van der Waals surface area contributed by atoms with Crippen molar-refractivity contribution in [1.29, 1.82) is 0 Å². The summed E-state index contributed by atoms with van der Waals surface area (Å²) < 4.78 is 0. The first-order valence-electron chi connectivity index (χ1n) is 21.8. The summed E-state index contributed by atoms with van der Waals surface area (Å²) in [5.41, 5.74) is 5.00. The summed E-state index contributed by atoms with van der Waals surface area (Å²) in [5.74, 6) is -1.75. The van der Waals surface area contributed by atoms with Gasteiger partial charge in [0.1, 0.15) is 22.9 Å². The van der Waals surface area contributed by atoms with E-state index in [-0.39, 0.29) is 39.8 Å². The Balaban J connectivity index is 0.809. The van der Waals surface area contributed by atoms with Crippen LogP contribution in [-0.2, 0) is 0 Å². The number of urea groups is 2. The van der Waals surface area contributed by atoms with Gasteiger partial charge >= 0.3 is 12.1 Å². The van der Waals surface area contributed by atoms with Crippen LogP contribution in [0.25, 0.3) is 32.7 Å². The van der Waals surface area contributed by atoms with Gasteiger partial charge in [-0.1, -0.05) is 108 Å². The van der Waals surface area contributed by atoms with Crippen molar-refractivity contribution in [2.75, 3.05) is 10.6 Å². The number of azo groups is 2. The first-order chi connectivity index (χ1) is 34.9. The van der Waals surface area contributed by atoms with E-state index in [0.717, 1.165) is 11.1 Å². The number of amides is 6. The third-order valence-electron chi connectivity index (χ3n) is 11.2. The summed E-state index contributed by atoms with van der Waals surface area (Å²) in [7, 11) is 0. The molecule has 6 amide bonds. The van der Waals surface area contributed by atoms with E-state index in [9.17, 15) is 34.2 Å². The number of fused-ring (bicyclic) bond motifs is 2. The lowest BCUT2D eigenvalue weighted by Crippen LogP contribution is -2.34. The van der Waals surface area contributed by atoms with Gasteiger partial charge in [-0.05, 0) is 119 Å². The van der Waals surface area contributed by atoms with Crippen LogP contribution in [0.5, 0.6) is 11.5 Å². The molecule has 0 radical (unpaired) electrons. The molecule has 0 aromatic heterocycles. The minimum atomic E-state index is -0.755. The van der Waals surface area contributed by atoms with Crippen LogP contribution in [0, 0.1) is 0 Å². The molecular weight excluding hydrogens is 956 g/mol. The zero-order valence-corrected chi connectivity index (χ0v) is 38.8. The van der Waals surface area contributed by atoms with E-state index >= 15 is 0 Å². The number of aromatic hydroxyl groups is 2. The third-order valence-corrected chi connectivity index (χ3v) is 11.8. The van der Waals surface area contributed by atoms with Gasteiger partial charge in [0.15, 0.2) is 5.78 Å². The van der Waals surface area contributed by atoms with Gasteiger partial charge in [0.05, 0.1) is 32.8 Å². The molecule has 6 N–H and O–H groups in total. The van der Waals surface area contributed by atoms with Crippen molar-refractivity contribution in [3.63, 3.8) is 0 Å². The minimum absolute atomic E-state index is 0.114. The Bertz CT molecular complexity index is 3680. The molecule has 15 nitrogen and oxygen atoms in total. The average molecular weight is 992 g/mol. The molecule has 9 aromatic rings.